The number of imidazole rings is 1. The van der Waals surface area contributed by atoms with Gasteiger partial charge in [-0.25, -0.2) is 9.78 Å². The molecule has 124 valence electrons. The van der Waals surface area contributed by atoms with Crippen LogP contribution in [0.1, 0.15) is 39.4 Å². The molecule has 0 bridgehead atoms. The van der Waals surface area contributed by atoms with Crippen molar-refractivity contribution >= 4 is 12.0 Å². The molecule has 1 N–H and O–H groups in total. The molecule has 0 aliphatic carbocycles. The lowest BCUT2D eigenvalue weighted by molar-refractivity contribution is -0.121. The fourth-order valence-corrected chi connectivity index (χ4v) is 1.74. The summed E-state index contributed by atoms with van der Waals surface area (Å²) in [5, 5.41) is 2.81. The minimum absolute atomic E-state index is 0.0550. The summed E-state index contributed by atoms with van der Waals surface area (Å²) < 4.78 is 7.10. The van der Waals surface area contributed by atoms with Crippen molar-refractivity contribution in [2.24, 2.45) is 7.05 Å². The van der Waals surface area contributed by atoms with E-state index in [4.69, 9.17) is 4.74 Å². The predicted octanol–water partition coefficient (Wildman–Crippen LogP) is 1.68. The molecule has 0 aliphatic heterocycles. The summed E-state index contributed by atoms with van der Waals surface area (Å²) >= 11 is 0. The highest BCUT2D eigenvalue weighted by atomic mass is 16.6. The number of nitrogens with zero attached hydrogens (tertiary/aromatic N) is 3. The van der Waals surface area contributed by atoms with Crippen LogP contribution in [-0.2, 0) is 23.1 Å². The number of aromatic nitrogens is 2. The van der Waals surface area contributed by atoms with E-state index in [2.05, 4.69) is 10.3 Å². The summed E-state index contributed by atoms with van der Waals surface area (Å²) in [4.78, 5) is 29.1. The highest BCUT2D eigenvalue weighted by Crippen LogP contribution is 2.09. The summed E-state index contributed by atoms with van der Waals surface area (Å²) in [5.74, 6) is 0.750. The molecular weight excluding hydrogens is 284 g/mol. The first kappa shape index (κ1) is 18.0. The first-order chi connectivity index (χ1) is 10.2. The molecule has 0 atom stereocenters. The zero-order valence-electron chi connectivity index (χ0n) is 14.0. The Morgan fingerprint density at radius 1 is 1.41 bits per heavy atom. The van der Waals surface area contributed by atoms with Crippen LogP contribution in [0.25, 0.3) is 0 Å². The Balaban J connectivity index is 2.22. The van der Waals surface area contributed by atoms with E-state index >= 15 is 0 Å². The van der Waals surface area contributed by atoms with Crippen LogP contribution in [0.5, 0.6) is 0 Å². The van der Waals surface area contributed by atoms with Gasteiger partial charge in [-0.05, 0) is 27.2 Å². The highest BCUT2D eigenvalue weighted by molar-refractivity contribution is 5.75. The van der Waals surface area contributed by atoms with Gasteiger partial charge < -0.3 is 19.5 Å². The summed E-state index contributed by atoms with van der Waals surface area (Å²) in [5.41, 5.74) is -0.509. The van der Waals surface area contributed by atoms with E-state index in [1.165, 1.54) is 4.90 Å². The fraction of sp³-hybridized carbons (Fsp3) is 0.667. The number of aryl methyl sites for hydroxylation is 1. The Bertz CT molecular complexity index is 505. The second kappa shape index (κ2) is 7.82. The van der Waals surface area contributed by atoms with Gasteiger partial charge in [0.25, 0.3) is 0 Å². The number of nitrogens with one attached hydrogen (secondary N) is 1. The van der Waals surface area contributed by atoms with Crippen LogP contribution in [0.3, 0.4) is 0 Å². The molecule has 0 aliphatic rings. The highest BCUT2D eigenvalue weighted by Gasteiger charge is 2.19. The second-order valence-electron chi connectivity index (χ2n) is 6.24. The van der Waals surface area contributed by atoms with Crippen LogP contribution >= 0.6 is 0 Å². The van der Waals surface area contributed by atoms with Crippen LogP contribution in [0, 0.1) is 0 Å². The number of amides is 2. The molecule has 7 heteroatoms. The fourth-order valence-electron chi connectivity index (χ4n) is 1.74. The maximum absolute atomic E-state index is 11.7. The minimum Gasteiger partial charge on any atom is -0.444 e. The van der Waals surface area contributed by atoms with Crippen LogP contribution in [0.2, 0.25) is 0 Å². The largest absolute Gasteiger partial charge is 0.444 e. The Kier molecular flexibility index (Phi) is 6.39. The topological polar surface area (TPSA) is 76.5 Å². The quantitative estimate of drug-likeness (QED) is 0.867. The van der Waals surface area contributed by atoms with Crippen molar-refractivity contribution in [3.63, 3.8) is 0 Å². The maximum Gasteiger partial charge on any atom is 0.410 e. The number of carbonyl (C=O) groups is 2. The zero-order chi connectivity index (χ0) is 16.8. The van der Waals surface area contributed by atoms with Gasteiger partial charge in [-0.1, -0.05) is 0 Å². The van der Waals surface area contributed by atoms with Gasteiger partial charge in [0.2, 0.25) is 5.91 Å². The zero-order valence-corrected chi connectivity index (χ0v) is 14.0. The lowest BCUT2D eigenvalue weighted by Crippen LogP contribution is -2.35. The molecule has 0 aromatic carbocycles. The molecule has 0 fully saturated rings. The Morgan fingerprint density at radius 3 is 2.64 bits per heavy atom. The van der Waals surface area contributed by atoms with Crippen molar-refractivity contribution in [2.45, 2.75) is 45.8 Å². The molecule has 22 heavy (non-hydrogen) atoms. The first-order valence-electron chi connectivity index (χ1n) is 7.36. The van der Waals surface area contributed by atoms with Crippen molar-refractivity contribution in [3.8, 4) is 0 Å². The average Bonchev–Trinajstić information content (AvgIpc) is 2.79. The van der Waals surface area contributed by atoms with Crippen LogP contribution in [-0.4, -0.2) is 45.6 Å². The van der Waals surface area contributed by atoms with Crippen molar-refractivity contribution in [2.75, 3.05) is 13.6 Å². The third kappa shape index (κ3) is 6.60. The van der Waals surface area contributed by atoms with Gasteiger partial charge in [0.05, 0.1) is 6.54 Å². The number of hydrogen-bond donors (Lipinski definition) is 1. The molecule has 1 heterocycles. The molecule has 0 spiro atoms. The van der Waals surface area contributed by atoms with Crippen molar-refractivity contribution in [3.05, 3.63) is 18.2 Å². The van der Waals surface area contributed by atoms with E-state index < -0.39 is 5.60 Å². The molecule has 1 rings (SSSR count). The lowest BCUT2D eigenvalue weighted by Gasteiger charge is -2.24. The van der Waals surface area contributed by atoms with Crippen molar-refractivity contribution in [1.82, 2.24) is 19.8 Å². The Labute approximate surface area is 131 Å². The molecule has 0 unspecified atom stereocenters. The molecule has 1 aromatic heterocycles. The Morgan fingerprint density at radius 2 is 2.09 bits per heavy atom. The predicted molar refractivity (Wildman–Crippen MR) is 83.2 cm³/mol. The first-order valence-corrected chi connectivity index (χ1v) is 7.36. The summed E-state index contributed by atoms with van der Waals surface area (Å²) in [7, 11) is 3.55. The van der Waals surface area contributed by atoms with Gasteiger partial charge in [0.15, 0.2) is 0 Å². The molecule has 7 nitrogen and oxygen atoms in total. The van der Waals surface area contributed by atoms with Gasteiger partial charge in [0.1, 0.15) is 11.4 Å². The standard InChI is InChI=1S/C15H26N4O3/c1-15(2,3)22-14(21)19(5)9-6-7-13(20)17-11-12-16-8-10-18(12)4/h8,10H,6-7,9,11H2,1-5H3,(H,17,20). The summed E-state index contributed by atoms with van der Waals surface area (Å²) in [6.07, 6.45) is 4.09. The van der Waals surface area contributed by atoms with E-state index in [1.54, 1.807) is 13.2 Å². The molecule has 2 amide bonds. The van der Waals surface area contributed by atoms with Gasteiger partial charge >= 0.3 is 6.09 Å². The van der Waals surface area contributed by atoms with E-state index in [1.807, 2.05) is 38.6 Å². The molecule has 0 radical (unpaired) electrons. The number of carbonyl (C=O) groups excluding carboxylic acids is 2. The third-order valence-electron chi connectivity index (χ3n) is 2.97. The van der Waals surface area contributed by atoms with Crippen LogP contribution in [0.4, 0.5) is 4.79 Å². The number of hydrogen-bond acceptors (Lipinski definition) is 4. The van der Waals surface area contributed by atoms with Crippen molar-refractivity contribution in [1.29, 1.82) is 0 Å². The number of rotatable bonds is 6. The van der Waals surface area contributed by atoms with E-state index in [-0.39, 0.29) is 12.0 Å². The van der Waals surface area contributed by atoms with E-state index in [0.29, 0.717) is 25.9 Å². The number of ether oxygens (including phenoxy) is 1. The summed E-state index contributed by atoms with van der Waals surface area (Å²) in [6, 6.07) is 0. The monoisotopic (exact) mass is 310 g/mol. The van der Waals surface area contributed by atoms with Gasteiger partial charge in [-0.3, -0.25) is 4.79 Å². The normalized spacial score (nSPS) is 11.1. The van der Waals surface area contributed by atoms with E-state index in [0.717, 1.165) is 5.82 Å². The molecule has 0 saturated carbocycles. The third-order valence-corrected chi connectivity index (χ3v) is 2.97. The van der Waals surface area contributed by atoms with Gasteiger partial charge in [0, 0.05) is 39.5 Å². The van der Waals surface area contributed by atoms with Gasteiger partial charge in [-0.2, -0.15) is 0 Å². The lowest BCUT2D eigenvalue weighted by atomic mass is 10.2. The SMILES string of the molecule is CN(CCCC(=O)NCc1nccn1C)C(=O)OC(C)(C)C. The van der Waals surface area contributed by atoms with Crippen LogP contribution < -0.4 is 5.32 Å². The molecular formula is C15H26N4O3. The average molecular weight is 310 g/mol. The van der Waals surface area contributed by atoms with Crippen LogP contribution in [0.15, 0.2) is 12.4 Å². The second-order valence-corrected chi connectivity index (χ2v) is 6.24. The smallest absolute Gasteiger partial charge is 0.410 e. The van der Waals surface area contributed by atoms with Gasteiger partial charge in [-0.15, -0.1) is 0 Å². The molecule has 0 saturated heterocycles. The van der Waals surface area contributed by atoms with Crippen molar-refractivity contribution < 1.29 is 14.3 Å². The summed E-state index contributed by atoms with van der Waals surface area (Å²) in [6.45, 7) is 6.35. The molecule has 1 aromatic rings. The minimum atomic E-state index is -0.509. The maximum atomic E-state index is 11.7. The van der Waals surface area contributed by atoms with E-state index in [9.17, 15) is 9.59 Å². The Hall–Kier alpha value is -2.05.